The van der Waals surface area contributed by atoms with Gasteiger partial charge in [-0.25, -0.2) is 8.42 Å². The van der Waals surface area contributed by atoms with Gasteiger partial charge in [0.1, 0.15) is 11.8 Å². The van der Waals surface area contributed by atoms with Crippen LogP contribution in [-0.2, 0) is 26.1 Å². The minimum Gasteiger partial charge on any atom is -0.497 e. The molecule has 0 spiro atoms. The highest BCUT2D eigenvalue weighted by atomic mass is 32.2. The van der Waals surface area contributed by atoms with E-state index in [1.807, 2.05) is 24.3 Å². The SMILES string of the molecule is COc1ccc(CNC(=O)[C@H](COCC2CCCCC2)NS(=O)(=O)c2ccccc2)cc1. The zero-order valence-corrected chi connectivity index (χ0v) is 19.3. The van der Waals surface area contributed by atoms with Crippen LogP contribution >= 0.6 is 0 Å². The zero-order valence-electron chi connectivity index (χ0n) is 18.5. The second kappa shape index (κ2) is 12.0. The maximum absolute atomic E-state index is 12.9. The molecule has 0 radical (unpaired) electrons. The summed E-state index contributed by atoms with van der Waals surface area (Å²) >= 11 is 0. The first-order valence-electron chi connectivity index (χ1n) is 11.0. The Kier molecular flexibility index (Phi) is 9.08. The van der Waals surface area contributed by atoms with Gasteiger partial charge < -0.3 is 14.8 Å². The second-order valence-corrected chi connectivity index (χ2v) is 9.81. The summed E-state index contributed by atoms with van der Waals surface area (Å²) in [6, 6.07) is 14.3. The summed E-state index contributed by atoms with van der Waals surface area (Å²) in [6.07, 6.45) is 5.87. The molecule has 32 heavy (non-hydrogen) atoms. The Balaban J connectivity index is 1.63. The highest BCUT2D eigenvalue weighted by molar-refractivity contribution is 7.89. The first-order chi connectivity index (χ1) is 15.5. The average molecular weight is 461 g/mol. The average Bonchev–Trinajstić information content (AvgIpc) is 2.83. The summed E-state index contributed by atoms with van der Waals surface area (Å²) in [5.74, 6) is 0.770. The molecule has 1 aliphatic carbocycles. The number of hydrogen-bond acceptors (Lipinski definition) is 5. The van der Waals surface area contributed by atoms with Gasteiger partial charge in [0.2, 0.25) is 15.9 Å². The van der Waals surface area contributed by atoms with E-state index in [1.54, 1.807) is 25.3 Å². The first kappa shape index (κ1) is 24.2. The van der Waals surface area contributed by atoms with Crippen molar-refractivity contribution >= 4 is 15.9 Å². The van der Waals surface area contributed by atoms with Gasteiger partial charge in [0, 0.05) is 13.2 Å². The van der Waals surface area contributed by atoms with Crippen molar-refractivity contribution in [1.82, 2.24) is 10.0 Å². The molecule has 1 amide bonds. The van der Waals surface area contributed by atoms with Crippen LogP contribution in [0.3, 0.4) is 0 Å². The number of methoxy groups -OCH3 is 1. The van der Waals surface area contributed by atoms with Crippen molar-refractivity contribution in [2.24, 2.45) is 5.92 Å². The summed E-state index contributed by atoms with van der Waals surface area (Å²) in [4.78, 5) is 13.0. The summed E-state index contributed by atoms with van der Waals surface area (Å²) < 4.78 is 39.1. The Morgan fingerprint density at radius 1 is 1.03 bits per heavy atom. The minimum atomic E-state index is -3.86. The predicted octanol–water partition coefficient (Wildman–Crippen LogP) is 3.26. The Bertz CT molecular complexity index is 942. The van der Waals surface area contributed by atoms with Gasteiger partial charge in [0.25, 0.3) is 0 Å². The van der Waals surface area contributed by atoms with Gasteiger partial charge in [0.05, 0.1) is 18.6 Å². The molecule has 0 heterocycles. The smallest absolute Gasteiger partial charge is 0.241 e. The quantitative estimate of drug-likeness (QED) is 0.537. The van der Waals surface area contributed by atoms with Crippen LogP contribution in [0.1, 0.15) is 37.7 Å². The predicted molar refractivity (Wildman–Crippen MR) is 123 cm³/mol. The molecule has 8 heteroatoms. The molecule has 0 saturated heterocycles. The fraction of sp³-hybridized carbons (Fsp3) is 0.458. The molecule has 1 fully saturated rings. The van der Waals surface area contributed by atoms with E-state index in [-0.39, 0.29) is 18.0 Å². The number of amides is 1. The molecule has 174 valence electrons. The van der Waals surface area contributed by atoms with E-state index in [2.05, 4.69) is 10.0 Å². The van der Waals surface area contributed by atoms with Gasteiger partial charge in [0.15, 0.2) is 0 Å². The Labute approximate surface area is 190 Å². The topological polar surface area (TPSA) is 93.7 Å². The van der Waals surface area contributed by atoms with Crippen molar-refractivity contribution in [2.75, 3.05) is 20.3 Å². The van der Waals surface area contributed by atoms with Crippen LogP contribution in [0.15, 0.2) is 59.5 Å². The number of sulfonamides is 1. The van der Waals surface area contributed by atoms with Gasteiger partial charge in [-0.05, 0) is 48.6 Å². The van der Waals surface area contributed by atoms with Crippen LogP contribution in [0.25, 0.3) is 0 Å². The second-order valence-electron chi connectivity index (χ2n) is 8.09. The first-order valence-corrected chi connectivity index (χ1v) is 12.5. The van der Waals surface area contributed by atoms with Crippen molar-refractivity contribution in [1.29, 1.82) is 0 Å². The normalized spacial score (nSPS) is 15.8. The van der Waals surface area contributed by atoms with Gasteiger partial charge in [-0.2, -0.15) is 4.72 Å². The number of hydrogen-bond donors (Lipinski definition) is 2. The maximum Gasteiger partial charge on any atom is 0.241 e. The van der Waals surface area contributed by atoms with Crippen molar-refractivity contribution in [3.8, 4) is 5.75 Å². The van der Waals surface area contributed by atoms with Gasteiger partial charge in [-0.3, -0.25) is 4.79 Å². The van der Waals surface area contributed by atoms with Crippen molar-refractivity contribution in [3.63, 3.8) is 0 Å². The number of nitrogens with one attached hydrogen (secondary N) is 2. The van der Waals surface area contributed by atoms with E-state index >= 15 is 0 Å². The molecule has 0 aromatic heterocycles. The molecule has 0 bridgehead atoms. The summed E-state index contributed by atoms with van der Waals surface area (Å²) in [7, 11) is -2.27. The largest absolute Gasteiger partial charge is 0.497 e. The van der Waals surface area contributed by atoms with E-state index in [4.69, 9.17) is 9.47 Å². The highest BCUT2D eigenvalue weighted by Gasteiger charge is 2.26. The van der Waals surface area contributed by atoms with Crippen molar-refractivity contribution in [3.05, 3.63) is 60.2 Å². The lowest BCUT2D eigenvalue weighted by Gasteiger charge is -2.23. The summed E-state index contributed by atoms with van der Waals surface area (Å²) in [6.45, 7) is 0.793. The third-order valence-corrected chi connectivity index (χ3v) is 7.14. The van der Waals surface area contributed by atoms with Crippen molar-refractivity contribution in [2.45, 2.75) is 49.6 Å². The molecule has 2 N–H and O–H groups in total. The van der Waals surface area contributed by atoms with Crippen LogP contribution in [0.5, 0.6) is 5.75 Å². The van der Waals surface area contributed by atoms with E-state index in [0.29, 0.717) is 12.5 Å². The fourth-order valence-electron chi connectivity index (χ4n) is 3.78. The lowest BCUT2D eigenvalue weighted by molar-refractivity contribution is -0.124. The molecule has 0 unspecified atom stereocenters. The molecule has 7 nitrogen and oxygen atoms in total. The van der Waals surface area contributed by atoms with Crippen LogP contribution < -0.4 is 14.8 Å². The standard InChI is InChI=1S/C24H32N2O5S/c1-30-21-14-12-19(13-15-21)16-25-24(27)23(18-31-17-20-8-4-2-5-9-20)26-32(28,29)22-10-6-3-7-11-22/h3,6-7,10-15,20,23,26H,2,4-5,8-9,16-18H2,1H3,(H,25,27)/t23-/m0/s1. The molecule has 1 aliphatic rings. The Morgan fingerprint density at radius 3 is 2.38 bits per heavy atom. The summed E-state index contributed by atoms with van der Waals surface area (Å²) in [5, 5.41) is 2.81. The third-order valence-electron chi connectivity index (χ3n) is 5.66. The molecule has 2 aromatic rings. The maximum atomic E-state index is 12.9. The molecule has 0 aliphatic heterocycles. The van der Waals surface area contributed by atoms with Gasteiger partial charge in [-0.15, -0.1) is 0 Å². The monoisotopic (exact) mass is 460 g/mol. The molecular weight excluding hydrogens is 428 g/mol. The molecule has 3 rings (SSSR count). The number of carbonyl (C=O) groups excluding carboxylic acids is 1. The van der Waals surface area contributed by atoms with Crippen LogP contribution in [0, 0.1) is 5.92 Å². The molecule has 1 saturated carbocycles. The van der Waals surface area contributed by atoms with Gasteiger partial charge in [-0.1, -0.05) is 49.6 Å². The molecule has 1 atom stereocenters. The zero-order chi connectivity index (χ0) is 22.8. The van der Waals surface area contributed by atoms with E-state index in [1.165, 1.54) is 31.4 Å². The lowest BCUT2D eigenvalue weighted by Crippen LogP contribution is -2.49. The van der Waals surface area contributed by atoms with Gasteiger partial charge >= 0.3 is 0 Å². The van der Waals surface area contributed by atoms with Crippen LogP contribution in [0.2, 0.25) is 0 Å². The molecule has 2 aromatic carbocycles. The minimum absolute atomic E-state index is 0.0169. The van der Waals surface area contributed by atoms with E-state index < -0.39 is 22.0 Å². The molecular formula is C24H32N2O5S. The number of benzene rings is 2. The van der Waals surface area contributed by atoms with E-state index in [0.717, 1.165) is 24.2 Å². The third kappa shape index (κ3) is 7.32. The Morgan fingerprint density at radius 2 is 1.72 bits per heavy atom. The van der Waals surface area contributed by atoms with E-state index in [9.17, 15) is 13.2 Å². The Hall–Kier alpha value is -2.42. The van der Waals surface area contributed by atoms with Crippen LogP contribution in [0.4, 0.5) is 0 Å². The lowest BCUT2D eigenvalue weighted by atomic mass is 9.90. The highest BCUT2D eigenvalue weighted by Crippen LogP contribution is 2.23. The van der Waals surface area contributed by atoms with Crippen molar-refractivity contribution < 1.29 is 22.7 Å². The number of carbonyl (C=O) groups is 1. The van der Waals surface area contributed by atoms with Crippen LogP contribution in [-0.4, -0.2) is 40.7 Å². The summed E-state index contributed by atoms with van der Waals surface area (Å²) in [5.41, 5.74) is 0.881. The number of ether oxygens (including phenoxy) is 2. The fourth-order valence-corrected chi connectivity index (χ4v) is 4.98. The number of rotatable bonds is 11.